The second-order valence-corrected chi connectivity index (χ2v) is 5.60. The molecule has 21 heavy (non-hydrogen) atoms. The van der Waals surface area contributed by atoms with Crippen LogP contribution in [0.1, 0.15) is 10.5 Å². The van der Waals surface area contributed by atoms with Crippen LogP contribution in [0.3, 0.4) is 0 Å². The van der Waals surface area contributed by atoms with Gasteiger partial charge in [-0.05, 0) is 35.7 Å². The number of pyridine rings is 1. The Morgan fingerprint density at radius 1 is 1.05 bits per heavy atom. The Balaban J connectivity index is 2.04. The van der Waals surface area contributed by atoms with Crippen LogP contribution in [0.15, 0.2) is 70.6 Å². The summed E-state index contributed by atoms with van der Waals surface area (Å²) >= 11 is 1.65. The van der Waals surface area contributed by atoms with Gasteiger partial charge < -0.3 is 4.74 Å². The summed E-state index contributed by atoms with van der Waals surface area (Å²) in [6, 6.07) is 18.0. The third-order valence-corrected chi connectivity index (χ3v) is 4.09. The molecule has 1 aromatic heterocycles. The number of methoxy groups -OCH3 is 1. The molecule has 0 fully saturated rings. The van der Waals surface area contributed by atoms with E-state index in [0.29, 0.717) is 5.69 Å². The predicted octanol–water partition coefficient (Wildman–Crippen LogP) is 4.17. The predicted molar refractivity (Wildman–Crippen MR) is 83.6 cm³/mol. The lowest BCUT2D eigenvalue weighted by molar-refractivity contribution is 0.0596. The number of hydrogen-bond acceptors (Lipinski definition) is 4. The molecular formula is C17H13NO2S. The Morgan fingerprint density at radius 3 is 2.62 bits per heavy atom. The number of carbonyl (C=O) groups excluding carboxylic acids is 1. The number of fused-ring (bicyclic) bond motifs is 1. The highest BCUT2D eigenvalue weighted by Gasteiger charge is 2.12. The molecular weight excluding hydrogens is 282 g/mol. The SMILES string of the molecule is COC(=O)c1nccc2ccc(Sc3ccccc3)cc12. The molecule has 0 N–H and O–H groups in total. The molecule has 0 saturated heterocycles. The molecule has 3 rings (SSSR count). The van der Waals surface area contributed by atoms with Crippen molar-refractivity contribution in [3.8, 4) is 0 Å². The fraction of sp³-hybridized carbons (Fsp3) is 0.0588. The fourth-order valence-electron chi connectivity index (χ4n) is 2.09. The third kappa shape index (κ3) is 2.90. The molecule has 1 heterocycles. The van der Waals surface area contributed by atoms with E-state index in [9.17, 15) is 4.79 Å². The van der Waals surface area contributed by atoms with E-state index in [1.807, 2.05) is 42.5 Å². The van der Waals surface area contributed by atoms with Crippen LogP contribution in [-0.4, -0.2) is 18.1 Å². The molecule has 0 radical (unpaired) electrons. The largest absolute Gasteiger partial charge is 0.464 e. The second-order valence-electron chi connectivity index (χ2n) is 4.45. The van der Waals surface area contributed by atoms with Crippen molar-refractivity contribution in [2.24, 2.45) is 0 Å². The summed E-state index contributed by atoms with van der Waals surface area (Å²) in [5, 5.41) is 1.79. The number of hydrogen-bond donors (Lipinski definition) is 0. The van der Waals surface area contributed by atoms with Crippen molar-refractivity contribution in [3.05, 3.63) is 66.5 Å². The zero-order chi connectivity index (χ0) is 14.7. The standard InChI is InChI=1S/C17H13NO2S/c1-20-17(19)16-15-11-14(8-7-12(15)9-10-18-16)21-13-5-3-2-4-6-13/h2-11H,1H3. The van der Waals surface area contributed by atoms with E-state index < -0.39 is 5.97 Å². The molecule has 0 bridgehead atoms. The fourth-order valence-corrected chi connectivity index (χ4v) is 2.97. The minimum atomic E-state index is -0.414. The van der Waals surface area contributed by atoms with Gasteiger partial charge in [-0.25, -0.2) is 9.78 Å². The Kier molecular flexibility index (Phi) is 3.88. The van der Waals surface area contributed by atoms with Gasteiger partial charge in [0.2, 0.25) is 0 Å². The van der Waals surface area contributed by atoms with Crippen molar-refractivity contribution in [3.63, 3.8) is 0 Å². The number of ether oxygens (including phenoxy) is 1. The highest BCUT2D eigenvalue weighted by molar-refractivity contribution is 7.99. The monoisotopic (exact) mass is 295 g/mol. The summed E-state index contributed by atoms with van der Waals surface area (Å²) in [6.45, 7) is 0. The first-order valence-corrected chi connectivity index (χ1v) is 7.29. The van der Waals surface area contributed by atoms with Crippen LogP contribution in [0.4, 0.5) is 0 Å². The normalized spacial score (nSPS) is 10.5. The second kappa shape index (κ2) is 5.97. The molecule has 0 saturated carbocycles. The number of benzene rings is 2. The molecule has 0 spiro atoms. The van der Waals surface area contributed by atoms with Gasteiger partial charge in [0.25, 0.3) is 0 Å². The van der Waals surface area contributed by atoms with Gasteiger partial charge >= 0.3 is 5.97 Å². The van der Waals surface area contributed by atoms with E-state index in [0.717, 1.165) is 20.6 Å². The average Bonchev–Trinajstić information content (AvgIpc) is 2.54. The first kappa shape index (κ1) is 13.6. The molecule has 4 heteroatoms. The highest BCUT2D eigenvalue weighted by Crippen LogP contribution is 2.30. The lowest BCUT2D eigenvalue weighted by atomic mass is 10.1. The van der Waals surface area contributed by atoms with E-state index in [4.69, 9.17) is 4.74 Å². The summed E-state index contributed by atoms with van der Waals surface area (Å²) in [5.41, 5.74) is 0.352. The highest BCUT2D eigenvalue weighted by atomic mass is 32.2. The molecule has 0 atom stereocenters. The van der Waals surface area contributed by atoms with Crippen molar-refractivity contribution in [2.45, 2.75) is 9.79 Å². The molecule has 2 aromatic carbocycles. The minimum Gasteiger partial charge on any atom is -0.464 e. The lowest BCUT2D eigenvalue weighted by Crippen LogP contribution is -2.04. The van der Waals surface area contributed by atoms with Gasteiger partial charge in [-0.1, -0.05) is 36.0 Å². The van der Waals surface area contributed by atoms with Crippen molar-refractivity contribution in [1.29, 1.82) is 0 Å². The zero-order valence-corrected chi connectivity index (χ0v) is 12.3. The van der Waals surface area contributed by atoms with Crippen molar-refractivity contribution in [1.82, 2.24) is 4.98 Å². The van der Waals surface area contributed by atoms with Gasteiger partial charge in [0.05, 0.1) is 7.11 Å². The van der Waals surface area contributed by atoms with Crippen LogP contribution < -0.4 is 0 Å². The van der Waals surface area contributed by atoms with E-state index in [1.54, 1.807) is 18.0 Å². The number of aromatic nitrogens is 1. The topological polar surface area (TPSA) is 39.2 Å². The van der Waals surface area contributed by atoms with Crippen molar-refractivity contribution >= 4 is 28.5 Å². The van der Waals surface area contributed by atoms with Crippen LogP contribution in [0.5, 0.6) is 0 Å². The molecule has 0 aliphatic heterocycles. The van der Waals surface area contributed by atoms with Gasteiger partial charge in [-0.3, -0.25) is 0 Å². The molecule has 3 aromatic rings. The summed E-state index contributed by atoms with van der Waals surface area (Å²) in [4.78, 5) is 18.2. The molecule has 0 amide bonds. The Morgan fingerprint density at radius 2 is 1.86 bits per heavy atom. The van der Waals surface area contributed by atoms with Gasteiger partial charge in [0.1, 0.15) is 0 Å². The number of carbonyl (C=O) groups is 1. The summed E-state index contributed by atoms with van der Waals surface area (Å²) in [5.74, 6) is -0.414. The van der Waals surface area contributed by atoms with Gasteiger partial charge in [0.15, 0.2) is 5.69 Å². The van der Waals surface area contributed by atoms with Crippen molar-refractivity contribution in [2.75, 3.05) is 7.11 Å². The molecule has 0 aliphatic rings. The molecule has 104 valence electrons. The zero-order valence-electron chi connectivity index (χ0n) is 11.4. The third-order valence-electron chi connectivity index (χ3n) is 3.10. The van der Waals surface area contributed by atoms with Crippen LogP contribution in [0.25, 0.3) is 10.8 Å². The van der Waals surface area contributed by atoms with E-state index >= 15 is 0 Å². The van der Waals surface area contributed by atoms with Gasteiger partial charge in [-0.2, -0.15) is 0 Å². The van der Waals surface area contributed by atoms with Crippen LogP contribution in [0, 0.1) is 0 Å². The van der Waals surface area contributed by atoms with Crippen LogP contribution >= 0.6 is 11.8 Å². The number of nitrogens with zero attached hydrogens (tertiary/aromatic N) is 1. The Labute approximate surface area is 127 Å². The quantitative estimate of drug-likeness (QED) is 0.680. The van der Waals surface area contributed by atoms with Crippen LogP contribution in [0.2, 0.25) is 0 Å². The van der Waals surface area contributed by atoms with Gasteiger partial charge in [0, 0.05) is 21.4 Å². The summed E-state index contributed by atoms with van der Waals surface area (Å²) in [6.07, 6.45) is 1.62. The maximum absolute atomic E-state index is 11.8. The summed E-state index contributed by atoms with van der Waals surface area (Å²) in [7, 11) is 1.37. The lowest BCUT2D eigenvalue weighted by Gasteiger charge is -2.06. The molecule has 0 aliphatic carbocycles. The first-order valence-electron chi connectivity index (χ1n) is 6.48. The molecule has 3 nitrogen and oxygen atoms in total. The Hall–Kier alpha value is -2.33. The maximum Gasteiger partial charge on any atom is 0.357 e. The number of esters is 1. The van der Waals surface area contributed by atoms with Gasteiger partial charge in [-0.15, -0.1) is 0 Å². The van der Waals surface area contributed by atoms with E-state index in [2.05, 4.69) is 17.1 Å². The average molecular weight is 295 g/mol. The van der Waals surface area contributed by atoms with E-state index in [-0.39, 0.29) is 0 Å². The smallest absolute Gasteiger partial charge is 0.357 e. The Bertz CT molecular complexity index is 787. The summed E-state index contributed by atoms with van der Waals surface area (Å²) < 4.78 is 4.79. The van der Waals surface area contributed by atoms with Crippen molar-refractivity contribution < 1.29 is 9.53 Å². The maximum atomic E-state index is 11.8. The van der Waals surface area contributed by atoms with Crippen LogP contribution in [-0.2, 0) is 4.74 Å². The minimum absolute atomic E-state index is 0.352. The first-order chi connectivity index (χ1) is 10.3. The van der Waals surface area contributed by atoms with E-state index in [1.165, 1.54) is 7.11 Å². The number of rotatable bonds is 3. The molecule has 0 unspecified atom stereocenters.